The number of aromatic nitrogens is 3. The van der Waals surface area contributed by atoms with Gasteiger partial charge in [0.25, 0.3) is 0 Å². The van der Waals surface area contributed by atoms with Crippen LogP contribution in [0.25, 0.3) is 0 Å². The number of thiazole rings is 1. The molecule has 1 N–H and O–H groups in total. The van der Waals surface area contributed by atoms with Crippen LogP contribution in [-0.2, 0) is 13.1 Å². The predicted octanol–water partition coefficient (Wildman–Crippen LogP) is 3.14. The van der Waals surface area contributed by atoms with Crippen LogP contribution >= 0.6 is 11.3 Å². The van der Waals surface area contributed by atoms with Crippen LogP contribution in [-0.4, -0.2) is 14.8 Å². The standard InChI is InChI=1S/C14H22N4S/c1-6-18-12(5)14(11(4)17-18)10(3)15-7-13-9(2)16-8-19-13/h8,10,15H,6-7H2,1-5H3. The van der Waals surface area contributed by atoms with Crippen LogP contribution in [0, 0.1) is 20.8 Å². The number of hydrogen-bond acceptors (Lipinski definition) is 4. The molecule has 0 aliphatic heterocycles. The topological polar surface area (TPSA) is 42.7 Å². The monoisotopic (exact) mass is 278 g/mol. The molecule has 0 bridgehead atoms. The summed E-state index contributed by atoms with van der Waals surface area (Å²) < 4.78 is 2.07. The zero-order chi connectivity index (χ0) is 14.0. The molecule has 0 saturated heterocycles. The summed E-state index contributed by atoms with van der Waals surface area (Å²) in [4.78, 5) is 5.59. The molecule has 2 rings (SSSR count). The molecule has 1 unspecified atom stereocenters. The van der Waals surface area contributed by atoms with Gasteiger partial charge in [0, 0.05) is 35.3 Å². The first-order chi connectivity index (χ1) is 9.04. The van der Waals surface area contributed by atoms with E-state index in [0.29, 0.717) is 6.04 Å². The summed E-state index contributed by atoms with van der Waals surface area (Å²) in [6, 6.07) is 0.307. The average Bonchev–Trinajstić information content (AvgIpc) is 2.90. The molecule has 4 nitrogen and oxygen atoms in total. The van der Waals surface area contributed by atoms with Gasteiger partial charge in [-0.15, -0.1) is 11.3 Å². The second-order valence-corrected chi connectivity index (χ2v) is 5.80. The van der Waals surface area contributed by atoms with Gasteiger partial charge in [0.15, 0.2) is 0 Å². The van der Waals surface area contributed by atoms with Gasteiger partial charge in [0.05, 0.1) is 16.9 Å². The molecule has 0 radical (unpaired) electrons. The highest BCUT2D eigenvalue weighted by Gasteiger charge is 2.17. The number of aryl methyl sites for hydroxylation is 3. The third kappa shape index (κ3) is 2.87. The van der Waals surface area contributed by atoms with Crippen LogP contribution in [0.15, 0.2) is 5.51 Å². The van der Waals surface area contributed by atoms with E-state index in [1.54, 1.807) is 11.3 Å². The molecule has 2 aromatic heterocycles. The predicted molar refractivity (Wildman–Crippen MR) is 79.5 cm³/mol. The number of rotatable bonds is 5. The Balaban J connectivity index is 2.10. The fourth-order valence-corrected chi connectivity index (χ4v) is 3.22. The van der Waals surface area contributed by atoms with Crippen molar-refractivity contribution in [2.24, 2.45) is 0 Å². The second-order valence-electron chi connectivity index (χ2n) is 4.86. The van der Waals surface area contributed by atoms with Gasteiger partial charge in [-0.2, -0.15) is 5.10 Å². The lowest BCUT2D eigenvalue weighted by Crippen LogP contribution is -2.19. The Morgan fingerprint density at radius 2 is 2.05 bits per heavy atom. The molecule has 0 saturated carbocycles. The Hall–Kier alpha value is -1.20. The first-order valence-electron chi connectivity index (χ1n) is 6.70. The molecule has 0 spiro atoms. The highest BCUT2D eigenvalue weighted by molar-refractivity contribution is 7.09. The Bertz CT molecular complexity index is 556. The van der Waals surface area contributed by atoms with Crippen molar-refractivity contribution in [2.45, 2.75) is 53.8 Å². The number of nitrogens with zero attached hydrogens (tertiary/aromatic N) is 3. The van der Waals surface area contributed by atoms with E-state index in [4.69, 9.17) is 0 Å². The van der Waals surface area contributed by atoms with Crippen molar-refractivity contribution in [1.29, 1.82) is 0 Å². The normalized spacial score (nSPS) is 12.9. The van der Waals surface area contributed by atoms with E-state index >= 15 is 0 Å². The van der Waals surface area contributed by atoms with E-state index in [9.17, 15) is 0 Å². The average molecular weight is 278 g/mol. The molecule has 19 heavy (non-hydrogen) atoms. The van der Waals surface area contributed by atoms with Crippen LogP contribution in [0.1, 0.15) is 47.4 Å². The van der Waals surface area contributed by atoms with Crippen molar-refractivity contribution in [3.05, 3.63) is 33.0 Å². The van der Waals surface area contributed by atoms with Crippen molar-refractivity contribution in [1.82, 2.24) is 20.1 Å². The van der Waals surface area contributed by atoms with Crippen molar-refractivity contribution >= 4 is 11.3 Å². The van der Waals surface area contributed by atoms with Crippen LogP contribution in [0.5, 0.6) is 0 Å². The lowest BCUT2D eigenvalue weighted by molar-refractivity contribution is 0.568. The summed E-state index contributed by atoms with van der Waals surface area (Å²) in [5.74, 6) is 0. The molecule has 104 valence electrons. The fraction of sp³-hybridized carbons (Fsp3) is 0.571. The van der Waals surface area contributed by atoms with Gasteiger partial charge in [-0.3, -0.25) is 4.68 Å². The molecule has 0 amide bonds. The molecule has 2 heterocycles. The second kappa shape index (κ2) is 5.84. The third-order valence-electron chi connectivity index (χ3n) is 3.58. The van der Waals surface area contributed by atoms with Crippen LogP contribution < -0.4 is 5.32 Å². The molecule has 1 atom stereocenters. The van der Waals surface area contributed by atoms with Crippen LogP contribution in [0.3, 0.4) is 0 Å². The van der Waals surface area contributed by atoms with Gasteiger partial charge in [0.2, 0.25) is 0 Å². The molecular weight excluding hydrogens is 256 g/mol. The van der Waals surface area contributed by atoms with Crippen molar-refractivity contribution < 1.29 is 0 Å². The Morgan fingerprint density at radius 1 is 1.32 bits per heavy atom. The smallest absolute Gasteiger partial charge is 0.0798 e. The highest BCUT2D eigenvalue weighted by atomic mass is 32.1. The van der Waals surface area contributed by atoms with E-state index in [1.807, 2.05) is 5.51 Å². The summed E-state index contributed by atoms with van der Waals surface area (Å²) in [5.41, 5.74) is 6.75. The Labute approximate surface area is 118 Å². The lowest BCUT2D eigenvalue weighted by atomic mass is 10.1. The van der Waals surface area contributed by atoms with E-state index in [0.717, 1.165) is 24.5 Å². The minimum atomic E-state index is 0.307. The van der Waals surface area contributed by atoms with Gasteiger partial charge in [-0.1, -0.05) is 0 Å². The first kappa shape index (κ1) is 14.2. The Kier molecular flexibility index (Phi) is 4.37. The maximum Gasteiger partial charge on any atom is 0.0798 e. The Morgan fingerprint density at radius 3 is 2.58 bits per heavy atom. The molecule has 0 aliphatic rings. The number of nitrogens with one attached hydrogen (secondary N) is 1. The maximum atomic E-state index is 4.58. The maximum absolute atomic E-state index is 4.58. The van der Waals surface area contributed by atoms with E-state index in [1.165, 1.54) is 16.1 Å². The summed E-state index contributed by atoms with van der Waals surface area (Å²) in [5, 5.41) is 8.16. The van der Waals surface area contributed by atoms with Crippen molar-refractivity contribution in [3.8, 4) is 0 Å². The first-order valence-corrected chi connectivity index (χ1v) is 7.58. The van der Waals surface area contributed by atoms with Gasteiger partial charge in [0.1, 0.15) is 0 Å². The minimum absolute atomic E-state index is 0.307. The molecule has 0 aliphatic carbocycles. The fourth-order valence-electron chi connectivity index (χ4n) is 2.49. The van der Waals surface area contributed by atoms with Crippen LogP contribution in [0.4, 0.5) is 0 Å². The largest absolute Gasteiger partial charge is 0.305 e. The van der Waals surface area contributed by atoms with Gasteiger partial charge >= 0.3 is 0 Å². The lowest BCUT2D eigenvalue weighted by Gasteiger charge is -2.14. The number of hydrogen-bond donors (Lipinski definition) is 1. The zero-order valence-electron chi connectivity index (χ0n) is 12.3. The molecular formula is C14H22N4S. The zero-order valence-corrected chi connectivity index (χ0v) is 13.1. The molecule has 5 heteroatoms. The van der Waals surface area contributed by atoms with Gasteiger partial charge in [-0.25, -0.2) is 4.98 Å². The SMILES string of the molecule is CCn1nc(C)c(C(C)NCc2scnc2C)c1C. The minimum Gasteiger partial charge on any atom is -0.305 e. The van der Waals surface area contributed by atoms with E-state index < -0.39 is 0 Å². The summed E-state index contributed by atoms with van der Waals surface area (Å²) in [6.45, 7) is 12.4. The van der Waals surface area contributed by atoms with Gasteiger partial charge < -0.3 is 5.32 Å². The summed E-state index contributed by atoms with van der Waals surface area (Å²) in [7, 11) is 0. The summed E-state index contributed by atoms with van der Waals surface area (Å²) >= 11 is 1.71. The quantitative estimate of drug-likeness (QED) is 0.913. The summed E-state index contributed by atoms with van der Waals surface area (Å²) in [6.07, 6.45) is 0. The van der Waals surface area contributed by atoms with Crippen LogP contribution in [0.2, 0.25) is 0 Å². The molecule has 0 aromatic carbocycles. The van der Waals surface area contributed by atoms with Gasteiger partial charge in [-0.05, 0) is 34.6 Å². The van der Waals surface area contributed by atoms with Crippen molar-refractivity contribution in [2.75, 3.05) is 0 Å². The van der Waals surface area contributed by atoms with E-state index in [-0.39, 0.29) is 0 Å². The molecule has 2 aromatic rings. The van der Waals surface area contributed by atoms with E-state index in [2.05, 4.69) is 54.7 Å². The molecule has 0 fully saturated rings. The third-order valence-corrected chi connectivity index (χ3v) is 4.52. The highest BCUT2D eigenvalue weighted by Crippen LogP contribution is 2.22. The van der Waals surface area contributed by atoms with Crippen molar-refractivity contribution in [3.63, 3.8) is 0 Å².